The number of rotatable bonds is 2. The fraction of sp³-hybridized carbons (Fsp3) is 0.0714. The van der Waals surface area contributed by atoms with Crippen LogP contribution in [0, 0.1) is 18.6 Å². The standard InChI is InChI=1S/C14H8ClF2N3O3/c1-5-11(14(22)23)19-20-4-9(18-13(21)12(5)20)6-2-7(16)10(15)8(17)3-6/h2-4H,1H3,(H,18,21)(H,22,23). The average molecular weight is 340 g/mol. The Bertz CT molecular complexity index is 1000. The SMILES string of the molecule is Cc1c(C(=O)O)nn2cc(-c3cc(F)c(Cl)c(F)c3)[nH]c(=O)c12. The molecule has 3 aromatic rings. The van der Waals surface area contributed by atoms with Crippen molar-refractivity contribution in [2.45, 2.75) is 6.92 Å². The maximum Gasteiger partial charge on any atom is 0.356 e. The second-order valence-corrected chi connectivity index (χ2v) is 5.20. The summed E-state index contributed by atoms with van der Waals surface area (Å²) in [5.41, 5.74) is -0.568. The predicted molar refractivity (Wildman–Crippen MR) is 77.9 cm³/mol. The van der Waals surface area contributed by atoms with Crippen molar-refractivity contribution in [2.24, 2.45) is 0 Å². The molecule has 2 N–H and O–H groups in total. The van der Waals surface area contributed by atoms with E-state index in [1.165, 1.54) is 13.1 Å². The van der Waals surface area contributed by atoms with Gasteiger partial charge in [0, 0.05) is 11.1 Å². The van der Waals surface area contributed by atoms with Crippen LogP contribution < -0.4 is 5.56 Å². The summed E-state index contributed by atoms with van der Waals surface area (Å²) in [6, 6.07) is 1.91. The highest BCUT2D eigenvalue weighted by Crippen LogP contribution is 2.26. The maximum absolute atomic E-state index is 13.6. The van der Waals surface area contributed by atoms with Crippen LogP contribution in [-0.2, 0) is 0 Å². The molecule has 1 aromatic carbocycles. The predicted octanol–water partition coefficient (Wildman–Crippen LogP) is 2.63. The second-order valence-electron chi connectivity index (χ2n) is 4.82. The third-order valence-corrected chi connectivity index (χ3v) is 3.72. The number of hydrogen-bond donors (Lipinski definition) is 2. The van der Waals surface area contributed by atoms with Gasteiger partial charge in [-0.25, -0.2) is 18.1 Å². The first-order valence-corrected chi connectivity index (χ1v) is 6.68. The molecule has 0 aliphatic carbocycles. The summed E-state index contributed by atoms with van der Waals surface area (Å²) in [5.74, 6) is -3.24. The highest BCUT2D eigenvalue weighted by atomic mass is 35.5. The molecule has 118 valence electrons. The van der Waals surface area contributed by atoms with E-state index in [1.807, 2.05) is 0 Å². The van der Waals surface area contributed by atoms with Gasteiger partial charge in [-0.1, -0.05) is 11.6 Å². The number of aryl methyl sites for hydroxylation is 1. The van der Waals surface area contributed by atoms with Crippen molar-refractivity contribution in [3.63, 3.8) is 0 Å². The molecule has 0 spiro atoms. The molecule has 0 fully saturated rings. The highest BCUT2D eigenvalue weighted by molar-refractivity contribution is 6.31. The minimum atomic E-state index is -1.28. The van der Waals surface area contributed by atoms with Crippen molar-refractivity contribution in [1.29, 1.82) is 0 Å². The summed E-state index contributed by atoms with van der Waals surface area (Å²) in [4.78, 5) is 25.7. The number of carboxylic acid groups (broad SMARTS) is 1. The van der Waals surface area contributed by atoms with Crippen LogP contribution in [0.1, 0.15) is 16.1 Å². The van der Waals surface area contributed by atoms with Gasteiger partial charge in [0.1, 0.15) is 22.2 Å². The minimum Gasteiger partial charge on any atom is -0.476 e. The lowest BCUT2D eigenvalue weighted by atomic mass is 10.1. The van der Waals surface area contributed by atoms with E-state index < -0.39 is 28.2 Å². The number of halogens is 3. The largest absolute Gasteiger partial charge is 0.476 e. The van der Waals surface area contributed by atoms with Gasteiger partial charge in [-0.3, -0.25) is 4.79 Å². The molecule has 0 aliphatic rings. The van der Waals surface area contributed by atoms with Gasteiger partial charge < -0.3 is 10.1 Å². The van der Waals surface area contributed by atoms with Crippen LogP contribution in [0.4, 0.5) is 8.78 Å². The third-order valence-electron chi connectivity index (χ3n) is 3.36. The molecule has 0 saturated heterocycles. The monoisotopic (exact) mass is 339 g/mol. The van der Waals surface area contributed by atoms with Gasteiger partial charge in [0.2, 0.25) is 0 Å². The van der Waals surface area contributed by atoms with Gasteiger partial charge >= 0.3 is 5.97 Å². The van der Waals surface area contributed by atoms with E-state index in [9.17, 15) is 18.4 Å². The number of nitrogens with zero attached hydrogens (tertiary/aromatic N) is 2. The summed E-state index contributed by atoms with van der Waals surface area (Å²) in [5, 5.41) is 12.2. The van der Waals surface area contributed by atoms with E-state index in [1.54, 1.807) is 0 Å². The van der Waals surface area contributed by atoms with Gasteiger partial charge in [-0.2, -0.15) is 5.10 Å². The number of carbonyl (C=O) groups is 1. The quantitative estimate of drug-likeness (QED) is 0.703. The molecule has 2 heterocycles. The zero-order valence-corrected chi connectivity index (χ0v) is 12.3. The smallest absolute Gasteiger partial charge is 0.356 e. The number of fused-ring (bicyclic) bond motifs is 1. The molecule has 2 aromatic heterocycles. The lowest BCUT2D eigenvalue weighted by molar-refractivity contribution is 0.0689. The zero-order valence-electron chi connectivity index (χ0n) is 11.5. The molecule has 0 saturated carbocycles. The molecule has 0 aliphatic heterocycles. The van der Waals surface area contributed by atoms with Gasteiger partial charge in [0.25, 0.3) is 5.56 Å². The van der Waals surface area contributed by atoms with Crippen molar-refractivity contribution in [2.75, 3.05) is 0 Å². The number of aromatic amines is 1. The lowest BCUT2D eigenvalue weighted by Gasteiger charge is -2.05. The molecule has 23 heavy (non-hydrogen) atoms. The highest BCUT2D eigenvalue weighted by Gasteiger charge is 2.19. The lowest BCUT2D eigenvalue weighted by Crippen LogP contribution is -2.11. The number of H-pyrrole nitrogens is 1. The van der Waals surface area contributed by atoms with Crippen molar-refractivity contribution in [1.82, 2.24) is 14.6 Å². The zero-order chi connectivity index (χ0) is 16.9. The summed E-state index contributed by atoms with van der Waals surface area (Å²) >= 11 is 5.42. The maximum atomic E-state index is 13.6. The first-order chi connectivity index (χ1) is 10.8. The second kappa shape index (κ2) is 5.17. The molecule has 0 radical (unpaired) electrons. The fourth-order valence-corrected chi connectivity index (χ4v) is 2.39. The van der Waals surface area contributed by atoms with Crippen LogP contribution in [0.25, 0.3) is 16.8 Å². The fourth-order valence-electron chi connectivity index (χ4n) is 2.28. The molecular formula is C14H8ClF2N3O3. The molecular weight excluding hydrogens is 332 g/mol. The number of carboxylic acids is 1. The van der Waals surface area contributed by atoms with Crippen LogP contribution in [-0.4, -0.2) is 25.7 Å². The Kier molecular flexibility index (Phi) is 3.41. The summed E-state index contributed by atoms with van der Waals surface area (Å²) in [7, 11) is 0. The molecule has 3 rings (SSSR count). The number of nitrogens with one attached hydrogen (secondary N) is 1. The van der Waals surface area contributed by atoms with E-state index in [-0.39, 0.29) is 28.0 Å². The van der Waals surface area contributed by atoms with Gasteiger partial charge in [-0.05, 0) is 19.1 Å². The van der Waals surface area contributed by atoms with Gasteiger partial charge in [0.15, 0.2) is 5.69 Å². The van der Waals surface area contributed by atoms with E-state index in [4.69, 9.17) is 16.7 Å². The Morgan fingerprint density at radius 3 is 2.52 bits per heavy atom. The third kappa shape index (κ3) is 2.36. The number of aromatic nitrogens is 3. The molecule has 0 amide bonds. The summed E-state index contributed by atoms with van der Waals surface area (Å²) < 4.78 is 28.2. The van der Waals surface area contributed by atoms with Crippen molar-refractivity contribution >= 4 is 23.1 Å². The van der Waals surface area contributed by atoms with Crippen molar-refractivity contribution in [3.05, 3.63) is 56.6 Å². The molecule has 0 atom stereocenters. The number of hydrogen-bond acceptors (Lipinski definition) is 3. The molecule has 0 unspecified atom stereocenters. The number of benzene rings is 1. The van der Waals surface area contributed by atoms with E-state index in [0.29, 0.717) is 0 Å². The van der Waals surface area contributed by atoms with Crippen LogP contribution in [0.2, 0.25) is 5.02 Å². The van der Waals surface area contributed by atoms with Crippen LogP contribution in [0.15, 0.2) is 23.1 Å². The Morgan fingerprint density at radius 2 is 1.96 bits per heavy atom. The van der Waals surface area contributed by atoms with Gasteiger partial charge in [-0.15, -0.1) is 0 Å². The summed E-state index contributed by atoms with van der Waals surface area (Å²) in [6.07, 6.45) is 1.28. The van der Waals surface area contributed by atoms with Crippen molar-refractivity contribution < 1.29 is 18.7 Å². The Balaban J connectivity index is 2.29. The molecule has 0 bridgehead atoms. The van der Waals surface area contributed by atoms with Gasteiger partial charge in [0.05, 0.1) is 11.9 Å². The average Bonchev–Trinajstić information content (AvgIpc) is 2.82. The normalized spacial score (nSPS) is 11.1. The van der Waals surface area contributed by atoms with E-state index >= 15 is 0 Å². The number of aromatic carboxylic acids is 1. The molecule has 6 nitrogen and oxygen atoms in total. The van der Waals surface area contributed by atoms with Crippen molar-refractivity contribution in [3.8, 4) is 11.3 Å². The Hall–Kier alpha value is -2.74. The topological polar surface area (TPSA) is 87.5 Å². The first kappa shape index (κ1) is 15.2. The molecule has 9 heteroatoms. The van der Waals surface area contributed by atoms with Crippen LogP contribution in [0.3, 0.4) is 0 Å². The Morgan fingerprint density at radius 1 is 1.35 bits per heavy atom. The van der Waals surface area contributed by atoms with Crippen LogP contribution >= 0.6 is 11.6 Å². The first-order valence-electron chi connectivity index (χ1n) is 6.30. The minimum absolute atomic E-state index is 0.0356. The van der Waals surface area contributed by atoms with E-state index in [0.717, 1.165) is 16.6 Å². The Labute approximate surface area is 131 Å². The summed E-state index contributed by atoms with van der Waals surface area (Å²) in [6.45, 7) is 1.45. The van der Waals surface area contributed by atoms with Crippen LogP contribution in [0.5, 0.6) is 0 Å². The van der Waals surface area contributed by atoms with E-state index in [2.05, 4.69) is 10.1 Å².